The molecule has 1 fully saturated rings. The molecule has 1 aromatic carbocycles. The summed E-state index contributed by atoms with van der Waals surface area (Å²) in [6.45, 7) is 0.624. The number of hydrogen-bond donors (Lipinski definition) is 2. The topological polar surface area (TPSA) is 55.1 Å². The molecular weight excluding hydrogens is 280 g/mol. The molecule has 1 unspecified atom stereocenters. The first-order valence-electron chi connectivity index (χ1n) is 6.47. The summed E-state index contributed by atoms with van der Waals surface area (Å²) in [4.78, 5) is 13.4. The molecule has 1 aliphatic carbocycles. The van der Waals surface area contributed by atoms with E-state index in [1.165, 1.54) is 16.9 Å². The van der Waals surface area contributed by atoms with Crippen LogP contribution in [0.15, 0.2) is 29.2 Å². The lowest BCUT2D eigenvalue weighted by Crippen LogP contribution is -2.55. The van der Waals surface area contributed by atoms with Crippen molar-refractivity contribution in [2.24, 2.45) is 5.73 Å². The zero-order valence-corrected chi connectivity index (χ0v) is 12.4. The number of carbonyl (C=O) groups excluding carboxylic acids is 1. The maximum absolute atomic E-state index is 12.1. The van der Waals surface area contributed by atoms with Crippen LogP contribution in [-0.4, -0.2) is 23.2 Å². The molecule has 104 valence electrons. The number of thioether (sulfide) groups is 1. The first-order chi connectivity index (χ1) is 8.66. The molecule has 5 heteroatoms. The van der Waals surface area contributed by atoms with E-state index < -0.39 is 0 Å². The second-order valence-electron chi connectivity index (χ2n) is 5.35. The molecule has 1 atom stereocenters. The summed E-state index contributed by atoms with van der Waals surface area (Å²) in [6, 6.07) is 8.24. The standard InChI is InChI=1S/C14H18N2OS.ClH/c15-14(6-3-7-14)9-16-13(17)12-8-10-4-1-2-5-11(10)18-12;/h1-2,4-5,12H,3,6-9,15H2,(H,16,17);1H. The molecule has 1 amide bonds. The summed E-state index contributed by atoms with van der Waals surface area (Å²) in [7, 11) is 0. The summed E-state index contributed by atoms with van der Waals surface area (Å²) in [5, 5.41) is 3.04. The van der Waals surface area contributed by atoms with Crippen molar-refractivity contribution in [3.05, 3.63) is 29.8 Å². The fourth-order valence-electron chi connectivity index (χ4n) is 2.51. The van der Waals surface area contributed by atoms with Gasteiger partial charge in [0, 0.05) is 17.0 Å². The predicted molar refractivity (Wildman–Crippen MR) is 80.8 cm³/mol. The summed E-state index contributed by atoms with van der Waals surface area (Å²) in [5.41, 5.74) is 7.27. The SMILES string of the molecule is Cl.NC1(CNC(=O)C2Cc3ccccc3S2)CCC1. The van der Waals surface area contributed by atoms with E-state index in [1.54, 1.807) is 11.8 Å². The van der Waals surface area contributed by atoms with Gasteiger partial charge in [0.05, 0.1) is 5.25 Å². The smallest absolute Gasteiger partial charge is 0.233 e. The molecule has 0 spiro atoms. The number of halogens is 1. The lowest BCUT2D eigenvalue weighted by molar-refractivity contribution is -0.120. The lowest BCUT2D eigenvalue weighted by atomic mass is 9.78. The number of amides is 1. The molecule has 19 heavy (non-hydrogen) atoms. The Morgan fingerprint density at radius 2 is 2.16 bits per heavy atom. The van der Waals surface area contributed by atoms with Gasteiger partial charge in [-0.15, -0.1) is 24.2 Å². The Balaban J connectivity index is 0.00000133. The highest BCUT2D eigenvalue weighted by Crippen LogP contribution is 2.37. The average molecular weight is 299 g/mol. The zero-order chi connectivity index (χ0) is 12.6. The fourth-order valence-corrected chi connectivity index (χ4v) is 3.73. The molecule has 2 aliphatic rings. The maximum atomic E-state index is 12.1. The van der Waals surface area contributed by atoms with Crippen molar-refractivity contribution in [3.63, 3.8) is 0 Å². The van der Waals surface area contributed by atoms with Gasteiger partial charge in [0.15, 0.2) is 0 Å². The number of benzene rings is 1. The van der Waals surface area contributed by atoms with Crippen LogP contribution in [0.2, 0.25) is 0 Å². The van der Waals surface area contributed by atoms with Crippen LogP contribution in [0, 0.1) is 0 Å². The molecule has 0 aromatic heterocycles. The fraction of sp³-hybridized carbons (Fsp3) is 0.500. The minimum absolute atomic E-state index is 0. The first kappa shape index (κ1) is 14.7. The molecule has 0 radical (unpaired) electrons. The van der Waals surface area contributed by atoms with Crippen LogP contribution in [0.5, 0.6) is 0 Å². The minimum Gasteiger partial charge on any atom is -0.353 e. The number of fused-ring (bicyclic) bond motifs is 1. The molecule has 3 nitrogen and oxygen atoms in total. The van der Waals surface area contributed by atoms with Gasteiger partial charge in [-0.05, 0) is 37.3 Å². The number of hydrogen-bond acceptors (Lipinski definition) is 3. The third-order valence-corrected chi connectivity index (χ3v) is 5.22. The minimum atomic E-state index is -0.133. The van der Waals surface area contributed by atoms with Crippen LogP contribution in [0.1, 0.15) is 24.8 Å². The van der Waals surface area contributed by atoms with Crippen molar-refractivity contribution in [1.82, 2.24) is 5.32 Å². The van der Waals surface area contributed by atoms with Gasteiger partial charge in [-0.2, -0.15) is 0 Å². The third-order valence-electron chi connectivity index (χ3n) is 3.90. The molecule has 1 heterocycles. The highest BCUT2D eigenvalue weighted by molar-refractivity contribution is 8.01. The number of rotatable bonds is 3. The van der Waals surface area contributed by atoms with Crippen molar-refractivity contribution in [1.29, 1.82) is 0 Å². The molecule has 1 saturated carbocycles. The highest BCUT2D eigenvalue weighted by atomic mass is 35.5. The Bertz CT molecular complexity index is 451. The normalized spacial score (nSPS) is 22.9. The molecule has 0 saturated heterocycles. The summed E-state index contributed by atoms with van der Waals surface area (Å²) >= 11 is 1.67. The Morgan fingerprint density at radius 1 is 1.42 bits per heavy atom. The van der Waals surface area contributed by atoms with Gasteiger partial charge in [-0.1, -0.05) is 18.2 Å². The molecule has 3 N–H and O–H groups in total. The summed E-state index contributed by atoms with van der Waals surface area (Å²) in [6.07, 6.45) is 4.09. The van der Waals surface area contributed by atoms with Gasteiger partial charge < -0.3 is 11.1 Å². The Hall–Kier alpha value is -0.710. The Kier molecular flexibility index (Phi) is 4.43. The largest absolute Gasteiger partial charge is 0.353 e. The van der Waals surface area contributed by atoms with Crippen LogP contribution in [0.4, 0.5) is 0 Å². The van der Waals surface area contributed by atoms with Crippen LogP contribution < -0.4 is 11.1 Å². The van der Waals surface area contributed by atoms with E-state index in [9.17, 15) is 4.79 Å². The van der Waals surface area contributed by atoms with Crippen molar-refractivity contribution in [2.75, 3.05) is 6.54 Å². The van der Waals surface area contributed by atoms with E-state index in [2.05, 4.69) is 17.4 Å². The van der Waals surface area contributed by atoms with Gasteiger partial charge in [-0.25, -0.2) is 0 Å². The number of nitrogens with one attached hydrogen (secondary N) is 1. The molecule has 0 bridgehead atoms. The van der Waals surface area contributed by atoms with E-state index in [4.69, 9.17) is 5.73 Å². The third kappa shape index (κ3) is 3.07. The van der Waals surface area contributed by atoms with E-state index in [0.29, 0.717) is 6.54 Å². The quantitative estimate of drug-likeness (QED) is 0.899. The predicted octanol–water partition coefficient (Wildman–Crippen LogP) is 2.12. The van der Waals surface area contributed by atoms with Gasteiger partial charge in [0.2, 0.25) is 5.91 Å². The van der Waals surface area contributed by atoms with Crippen LogP contribution in [-0.2, 0) is 11.2 Å². The number of nitrogens with two attached hydrogens (primary N) is 1. The Morgan fingerprint density at radius 3 is 2.79 bits per heavy atom. The molecular formula is C14H19ClN2OS. The van der Waals surface area contributed by atoms with Gasteiger partial charge in [0.25, 0.3) is 0 Å². The van der Waals surface area contributed by atoms with Crippen molar-refractivity contribution < 1.29 is 4.79 Å². The van der Waals surface area contributed by atoms with E-state index in [0.717, 1.165) is 19.3 Å². The molecule has 1 aliphatic heterocycles. The second-order valence-corrected chi connectivity index (χ2v) is 6.60. The van der Waals surface area contributed by atoms with Gasteiger partial charge in [-0.3, -0.25) is 4.79 Å². The van der Waals surface area contributed by atoms with Crippen LogP contribution in [0.3, 0.4) is 0 Å². The van der Waals surface area contributed by atoms with E-state index in [-0.39, 0.29) is 29.1 Å². The molecule has 1 aromatic rings. The van der Waals surface area contributed by atoms with Crippen molar-refractivity contribution in [2.45, 2.75) is 41.4 Å². The average Bonchev–Trinajstić information content (AvgIpc) is 2.77. The van der Waals surface area contributed by atoms with E-state index in [1.807, 2.05) is 12.1 Å². The van der Waals surface area contributed by atoms with Gasteiger partial charge >= 0.3 is 0 Å². The van der Waals surface area contributed by atoms with Crippen LogP contribution >= 0.6 is 24.2 Å². The summed E-state index contributed by atoms with van der Waals surface area (Å²) < 4.78 is 0. The maximum Gasteiger partial charge on any atom is 0.233 e. The summed E-state index contributed by atoms with van der Waals surface area (Å²) in [5.74, 6) is 0.132. The lowest BCUT2D eigenvalue weighted by Gasteiger charge is -2.38. The highest BCUT2D eigenvalue weighted by Gasteiger charge is 2.34. The van der Waals surface area contributed by atoms with E-state index >= 15 is 0 Å². The van der Waals surface area contributed by atoms with Gasteiger partial charge in [0.1, 0.15) is 0 Å². The number of carbonyl (C=O) groups is 1. The van der Waals surface area contributed by atoms with Crippen molar-refractivity contribution >= 4 is 30.1 Å². The zero-order valence-electron chi connectivity index (χ0n) is 10.7. The first-order valence-corrected chi connectivity index (χ1v) is 7.35. The second kappa shape index (κ2) is 5.73. The Labute approximate surface area is 124 Å². The van der Waals surface area contributed by atoms with Crippen molar-refractivity contribution in [3.8, 4) is 0 Å². The van der Waals surface area contributed by atoms with Crippen LogP contribution in [0.25, 0.3) is 0 Å². The monoisotopic (exact) mass is 298 g/mol. The molecule has 3 rings (SSSR count).